The van der Waals surface area contributed by atoms with Crippen LogP contribution < -0.4 is 10.2 Å². The smallest absolute Gasteiger partial charge is 0.0471 e. The summed E-state index contributed by atoms with van der Waals surface area (Å²) in [5, 5.41) is 4.02. The highest BCUT2D eigenvalue weighted by Gasteiger charge is 2.28. The van der Waals surface area contributed by atoms with Crippen molar-refractivity contribution in [2.75, 3.05) is 18.5 Å². The molecule has 1 aliphatic rings. The zero-order valence-corrected chi connectivity index (χ0v) is 12.1. The number of nitrogens with zero attached hydrogens (tertiary/aromatic N) is 1. The van der Waals surface area contributed by atoms with Gasteiger partial charge in [-0.05, 0) is 44.0 Å². The lowest BCUT2D eigenvalue weighted by Gasteiger charge is -2.25. The third kappa shape index (κ3) is 3.39. The van der Waals surface area contributed by atoms with Crippen LogP contribution in [0.25, 0.3) is 0 Å². The molecule has 0 bridgehead atoms. The van der Waals surface area contributed by atoms with Crippen molar-refractivity contribution in [2.24, 2.45) is 0 Å². The molecule has 18 heavy (non-hydrogen) atoms. The van der Waals surface area contributed by atoms with E-state index in [2.05, 4.69) is 35.3 Å². The molecule has 0 atom stereocenters. The van der Waals surface area contributed by atoms with Gasteiger partial charge in [-0.15, -0.1) is 0 Å². The molecular formula is C15H23ClN2. The Morgan fingerprint density at radius 1 is 1.39 bits per heavy atom. The second-order valence-electron chi connectivity index (χ2n) is 5.08. The minimum Gasteiger partial charge on any atom is -0.369 e. The summed E-state index contributed by atoms with van der Waals surface area (Å²) in [7, 11) is 1.95. The molecule has 1 saturated carbocycles. The Balaban J connectivity index is 2.12. The van der Waals surface area contributed by atoms with Crippen molar-refractivity contribution in [2.45, 2.75) is 45.2 Å². The summed E-state index contributed by atoms with van der Waals surface area (Å²) >= 11 is 6.34. The average Bonchev–Trinajstić information content (AvgIpc) is 3.17. The fraction of sp³-hybridized carbons (Fsp3) is 0.600. The summed E-state index contributed by atoms with van der Waals surface area (Å²) in [4.78, 5) is 2.53. The first-order valence-corrected chi connectivity index (χ1v) is 7.33. The number of hydrogen-bond acceptors (Lipinski definition) is 2. The van der Waals surface area contributed by atoms with Crippen LogP contribution in [-0.2, 0) is 6.54 Å². The van der Waals surface area contributed by atoms with Gasteiger partial charge >= 0.3 is 0 Å². The lowest BCUT2D eigenvalue weighted by atomic mass is 10.1. The van der Waals surface area contributed by atoms with E-state index in [0.29, 0.717) is 0 Å². The van der Waals surface area contributed by atoms with E-state index in [1.165, 1.54) is 36.9 Å². The van der Waals surface area contributed by atoms with Crippen molar-refractivity contribution in [1.29, 1.82) is 0 Å². The standard InChI is InChI=1S/C15H23ClN2/c1-3-4-9-18(13-7-8-13)14-6-5-12(11-17-2)15(16)10-14/h5-6,10,13,17H,3-4,7-9,11H2,1-2H3. The third-order valence-electron chi connectivity index (χ3n) is 3.48. The predicted molar refractivity (Wildman–Crippen MR) is 79.5 cm³/mol. The molecule has 1 fully saturated rings. The summed E-state index contributed by atoms with van der Waals surface area (Å²) in [5.74, 6) is 0. The molecule has 0 heterocycles. The van der Waals surface area contributed by atoms with Crippen LogP contribution in [0, 0.1) is 0 Å². The molecule has 2 nitrogen and oxygen atoms in total. The van der Waals surface area contributed by atoms with Crippen molar-refractivity contribution in [3.8, 4) is 0 Å². The molecule has 100 valence electrons. The maximum Gasteiger partial charge on any atom is 0.0471 e. The van der Waals surface area contributed by atoms with Crippen LogP contribution in [0.3, 0.4) is 0 Å². The Bertz CT molecular complexity index is 388. The van der Waals surface area contributed by atoms with Crippen LogP contribution in [-0.4, -0.2) is 19.6 Å². The summed E-state index contributed by atoms with van der Waals surface area (Å²) in [5.41, 5.74) is 2.46. The molecule has 1 aromatic carbocycles. The molecule has 3 heteroatoms. The Hall–Kier alpha value is -0.730. The van der Waals surface area contributed by atoms with Gasteiger partial charge in [0.2, 0.25) is 0 Å². The van der Waals surface area contributed by atoms with Crippen LogP contribution in [0.5, 0.6) is 0 Å². The van der Waals surface area contributed by atoms with Gasteiger partial charge in [-0.1, -0.05) is 31.0 Å². The van der Waals surface area contributed by atoms with Gasteiger partial charge in [0.05, 0.1) is 0 Å². The first-order valence-electron chi connectivity index (χ1n) is 6.96. The Kier molecular flexibility index (Phi) is 4.90. The summed E-state index contributed by atoms with van der Waals surface area (Å²) < 4.78 is 0. The third-order valence-corrected chi connectivity index (χ3v) is 3.83. The number of nitrogens with one attached hydrogen (secondary N) is 1. The zero-order valence-electron chi connectivity index (χ0n) is 11.4. The molecule has 1 aromatic rings. The molecule has 0 unspecified atom stereocenters. The largest absolute Gasteiger partial charge is 0.369 e. The predicted octanol–water partition coefficient (Wildman–Crippen LogP) is 3.83. The quantitative estimate of drug-likeness (QED) is 0.807. The Morgan fingerprint density at radius 2 is 2.17 bits per heavy atom. The fourth-order valence-electron chi connectivity index (χ4n) is 2.29. The number of anilines is 1. The van der Waals surface area contributed by atoms with Gasteiger partial charge in [-0.2, -0.15) is 0 Å². The molecule has 0 aliphatic heterocycles. The lowest BCUT2D eigenvalue weighted by Crippen LogP contribution is -2.26. The Morgan fingerprint density at radius 3 is 2.72 bits per heavy atom. The van der Waals surface area contributed by atoms with E-state index in [9.17, 15) is 0 Å². The van der Waals surface area contributed by atoms with Crippen LogP contribution >= 0.6 is 11.6 Å². The second kappa shape index (κ2) is 6.44. The maximum atomic E-state index is 6.34. The van der Waals surface area contributed by atoms with E-state index in [1.54, 1.807) is 0 Å². The normalized spacial score (nSPS) is 14.8. The van der Waals surface area contributed by atoms with Gasteiger partial charge in [0, 0.05) is 29.8 Å². The van der Waals surface area contributed by atoms with Crippen molar-refractivity contribution in [1.82, 2.24) is 5.32 Å². The van der Waals surface area contributed by atoms with Crippen LogP contribution in [0.15, 0.2) is 18.2 Å². The van der Waals surface area contributed by atoms with Crippen molar-refractivity contribution in [3.63, 3.8) is 0 Å². The van der Waals surface area contributed by atoms with Crippen molar-refractivity contribution in [3.05, 3.63) is 28.8 Å². The van der Waals surface area contributed by atoms with Gasteiger partial charge < -0.3 is 10.2 Å². The number of rotatable bonds is 7. The van der Waals surface area contributed by atoms with Gasteiger partial charge in [-0.25, -0.2) is 0 Å². The van der Waals surface area contributed by atoms with E-state index in [0.717, 1.165) is 24.2 Å². The number of halogens is 1. The van der Waals surface area contributed by atoms with Gasteiger partial charge in [0.15, 0.2) is 0 Å². The highest BCUT2D eigenvalue weighted by atomic mass is 35.5. The second-order valence-corrected chi connectivity index (χ2v) is 5.49. The highest BCUT2D eigenvalue weighted by Crippen LogP contribution is 2.33. The topological polar surface area (TPSA) is 15.3 Å². The molecule has 0 radical (unpaired) electrons. The first kappa shape index (κ1) is 13.7. The summed E-state index contributed by atoms with van der Waals surface area (Å²) in [6, 6.07) is 7.24. The molecule has 0 saturated heterocycles. The van der Waals surface area contributed by atoms with Crippen molar-refractivity contribution >= 4 is 17.3 Å². The minimum absolute atomic E-state index is 0.753. The number of unbranched alkanes of at least 4 members (excludes halogenated alkanes) is 1. The van der Waals surface area contributed by atoms with Gasteiger partial charge in [-0.3, -0.25) is 0 Å². The lowest BCUT2D eigenvalue weighted by molar-refractivity contribution is 0.712. The molecule has 2 rings (SSSR count). The molecule has 0 aromatic heterocycles. The van der Waals surface area contributed by atoms with Crippen LogP contribution in [0.2, 0.25) is 5.02 Å². The molecule has 0 spiro atoms. The monoisotopic (exact) mass is 266 g/mol. The van der Waals surface area contributed by atoms with Crippen LogP contribution in [0.1, 0.15) is 38.2 Å². The van der Waals surface area contributed by atoms with E-state index in [1.807, 2.05) is 7.05 Å². The van der Waals surface area contributed by atoms with E-state index < -0.39 is 0 Å². The summed E-state index contributed by atoms with van der Waals surface area (Å²) in [6.45, 7) is 4.23. The number of benzene rings is 1. The minimum atomic E-state index is 0.753. The van der Waals surface area contributed by atoms with Crippen molar-refractivity contribution < 1.29 is 0 Å². The summed E-state index contributed by atoms with van der Waals surface area (Å²) in [6.07, 6.45) is 5.17. The zero-order chi connectivity index (χ0) is 13.0. The van der Waals surface area contributed by atoms with Gasteiger partial charge in [0.25, 0.3) is 0 Å². The maximum absolute atomic E-state index is 6.34. The molecule has 1 N–H and O–H groups in total. The first-order chi connectivity index (χ1) is 8.76. The molecular weight excluding hydrogens is 244 g/mol. The highest BCUT2D eigenvalue weighted by molar-refractivity contribution is 6.31. The molecule has 0 amide bonds. The van der Waals surface area contributed by atoms with E-state index >= 15 is 0 Å². The SMILES string of the molecule is CCCCN(c1ccc(CNC)c(Cl)c1)C1CC1. The van der Waals surface area contributed by atoms with E-state index in [-0.39, 0.29) is 0 Å². The fourth-order valence-corrected chi connectivity index (χ4v) is 2.53. The van der Waals surface area contributed by atoms with Crippen LogP contribution in [0.4, 0.5) is 5.69 Å². The molecule has 1 aliphatic carbocycles. The average molecular weight is 267 g/mol. The van der Waals surface area contributed by atoms with E-state index in [4.69, 9.17) is 11.6 Å². The Labute approximate surface area is 115 Å². The number of hydrogen-bond donors (Lipinski definition) is 1. The van der Waals surface area contributed by atoms with Gasteiger partial charge in [0.1, 0.15) is 0 Å².